The number of nitrogens with zero attached hydrogens (tertiary/aromatic N) is 1. The molecule has 0 aliphatic carbocycles. The first-order valence-corrected chi connectivity index (χ1v) is 10.9. The second-order valence-electron chi connectivity index (χ2n) is 8.83. The lowest BCUT2D eigenvalue weighted by Crippen LogP contribution is -2.55. The lowest BCUT2D eigenvalue weighted by Gasteiger charge is -2.47. The number of nitrogens with one attached hydrogen (secondary N) is 1. The fourth-order valence-corrected chi connectivity index (χ4v) is 5.46. The summed E-state index contributed by atoms with van der Waals surface area (Å²) in [5.41, 5.74) is 1.79. The molecular formula is C23H34N2O2. The molecule has 2 unspecified atom stereocenters. The molecule has 4 nitrogen and oxygen atoms in total. The van der Waals surface area contributed by atoms with Gasteiger partial charge in [-0.3, -0.25) is 4.79 Å². The van der Waals surface area contributed by atoms with Crippen LogP contribution in [-0.4, -0.2) is 41.6 Å². The van der Waals surface area contributed by atoms with Gasteiger partial charge in [-0.25, -0.2) is 0 Å². The number of aryl methyl sites for hydroxylation is 1. The van der Waals surface area contributed by atoms with Crippen LogP contribution >= 0.6 is 0 Å². The van der Waals surface area contributed by atoms with E-state index in [4.69, 9.17) is 4.74 Å². The monoisotopic (exact) mass is 370 g/mol. The van der Waals surface area contributed by atoms with Gasteiger partial charge in [-0.05, 0) is 70.0 Å². The molecule has 0 aromatic heterocycles. The van der Waals surface area contributed by atoms with Crippen LogP contribution in [-0.2, 0) is 6.42 Å². The molecule has 2 atom stereocenters. The molecule has 1 amide bonds. The van der Waals surface area contributed by atoms with Gasteiger partial charge in [-0.1, -0.05) is 32.4 Å². The normalized spacial score (nSPS) is 29.5. The predicted molar refractivity (Wildman–Crippen MR) is 108 cm³/mol. The molecule has 4 heteroatoms. The van der Waals surface area contributed by atoms with Crippen LogP contribution in [0.4, 0.5) is 0 Å². The quantitative estimate of drug-likeness (QED) is 0.858. The Morgan fingerprint density at radius 3 is 2.59 bits per heavy atom. The summed E-state index contributed by atoms with van der Waals surface area (Å²) < 4.78 is 6.48. The standard InChI is InChI=1S/C23H34N2O2/c1-4-23(5-2)13-12-16-8-6-11-20(21(16)27-23)22(26)24-17-14-18-9-7-10-19(15-17)25(18)3/h6,8,11,17-19H,4-5,7,9-10,12-15H2,1-3H3,(H,24,26). The summed E-state index contributed by atoms with van der Waals surface area (Å²) >= 11 is 0. The zero-order valence-corrected chi connectivity index (χ0v) is 17.1. The summed E-state index contributed by atoms with van der Waals surface area (Å²) in [6.45, 7) is 4.38. The molecule has 2 bridgehead atoms. The van der Waals surface area contributed by atoms with Crippen LogP contribution in [0.5, 0.6) is 5.75 Å². The van der Waals surface area contributed by atoms with Gasteiger partial charge in [0.2, 0.25) is 0 Å². The minimum Gasteiger partial charge on any atom is -0.486 e. The molecule has 3 heterocycles. The number of para-hydroxylation sites is 1. The molecule has 4 rings (SSSR count). The molecule has 1 aromatic carbocycles. The van der Waals surface area contributed by atoms with Crippen LogP contribution in [0.1, 0.15) is 81.1 Å². The van der Waals surface area contributed by atoms with Crippen molar-refractivity contribution in [2.75, 3.05) is 7.05 Å². The predicted octanol–water partition coefficient (Wildman–Crippen LogP) is 4.32. The smallest absolute Gasteiger partial charge is 0.255 e. The fourth-order valence-electron chi connectivity index (χ4n) is 5.46. The van der Waals surface area contributed by atoms with E-state index >= 15 is 0 Å². The first kappa shape index (κ1) is 18.8. The Kier molecular flexibility index (Phi) is 5.19. The van der Waals surface area contributed by atoms with Gasteiger partial charge in [0.1, 0.15) is 11.4 Å². The van der Waals surface area contributed by atoms with Crippen LogP contribution in [0.2, 0.25) is 0 Å². The maximum absolute atomic E-state index is 13.2. The van der Waals surface area contributed by atoms with Gasteiger partial charge in [-0.2, -0.15) is 0 Å². The van der Waals surface area contributed by atoms with E-state index in [0.717, 1.165) is 49.8 Å². The topological polar surface area (TPSA) is 41.6 Å². The molecule has 0 radical (unpaired) electrons. The summed E-state index contributed by atoms with van der Waals surface area (Å²) in [5, 5.41) is 3.35. The van der Waals surface area contributed by atoms with Gasteiger partial charge < -0.3 is 15.0 Å². The third-order valence-corrected chi connectivity index (χ3v) is 7.47. The SMILES string of the molecule is CCC1(CC)CCc2cccc(C(=O)NC3CC4CCCC(C3)N4C)c2O1. The van der Waals surface area contributed by atoms with Gasteiger partial charge in [0.25, 0.3) is 5.91 Å². The van der Waals surface area contributed by atoms with Crippen molar-refractivity contribution >= 4 is 5.91 Å². The van der Waals surface area contributed by atoms with E-state index in [9.17, 15) is 4.79 Å². The Hall–Kier alpha value is -1.55. The highest BCUT2D eigenvalue weighted by atomic mass is 16.5. The molecule has 0 spiro atoms. The maximum atomic E-state index is 13.2. The van der Waals surface area contributed by atoms with Crippen molar-refractivity contribution < 1.29 is 9.53 Å². The highest BCUT2D eigenvalue weighted by Gasteiger charge is 2.38. The molecule has 1 N–H and O–H groups in total. The Bertz CT molecular complexity index is 684. The van der Waals surface area contributed by atoms with Crippen LogP contribution < -0.4 is 10.1 Å². The molecule has 2 fully saturated rings. The average molecular weight is 371 g/mol. The first-order chi connectivity index (χ1) is 13.0. The van der Waals surface area contributed by atoms with Crippen molar-refractivity contribution in [3.8, 4) is 5.75 Å². The Morgan fingerprint density at radius 1 is 1.22 bits per heavy atom. The van der Waals surface area contributed by atoms with Crippen molar-refractivity contribution in [1.82, 2.24) is 10.2 Å². The van der Waals surface area contributed by atoms with Gasteiger partial charge in [0.05, 0.1) is 5.56 Å². The van der Waals surface area contributed by atoms with E-state index in [1.165, 1.54) is 24.8 Å². The van der Waals surface area contributed by atoms with Gasteiger partial charge in [0.15, 0.2) is 0 Å². The van der Waals surface area contributed by atoms with E-state index in [2.05, 4.69) is 37.2 Å². The lowest BCUT2D eigenvalue weighted by molar-refractivity contribution is 0.0359. The average Bonchev–Trinajstić information content (AvgIpc) is 2.67. The van der Waals surface area contributed by atoms with Crippen LogP contribution in [0.3, 0.4) is 0 Å². The summed E-state index contributed by atoms with van der Waals surface area (Å²) in [5.74, 6) is 0.876. The fraction of sp³-hybridized carbons (Fsp3) is 0.696. The Labute approximate surface area is 163 Å². The first-order valence-electron chi connectivity index (χ1n) is 10.9. The van der Waals surface area contributed by atoms with Crippen LogP contribution in [0.25, 0.3) is 0 Å². The molecular weight excluding hydrogens is 336 g/mol. The summed E-state index contributed by atoms with van der Waals surface area (Å²) in [4.78, 5) is 15.7. The maximum Gasteiger partial charge on any atom is 0.255 e. The minimum absolute atomic E-state index is 0.0440. The number of piperidine rings is 2. The van der Waals surface area contributed by atoms with Crippen molar-refractivity contribution in [3.63, 3.8) is 0 Å². The number of fused-ring (bicyclic) bond motifs is 3. The van der Waals surface area contributed by atoms with Crippen molar-refractivity contribution in [2.45, 2.75) is 95.4 Å². The Morgan fingerprint density at radius 2 is 1.93 bits per heavy atom. The van der Waals surface area contributed by atoms with Gasteiger partial charge >= 0.3 is 0 Å². The van der Waals surface area contributed by atoms with Crippen molar-refractivity contribution in [2.24, 2.45) is 0 Å². The number of carbonyl (C=O) groups excluding carboxylic acids is 1. The largest absolute Gasteiger partial charge is 0.486 e. The third kappa shape index (κ3) is 3.49. The van der Waals surface area contributed by atoms with Crippen LogP contribution in [0.15, 0.2) is 18.2 Å². The molecule has 3 aliphatic rings. The van der Waals surface area contributed by atoms with E-state index in [1.54, 1.807) is 0 Å². The highest BCUT2D eigenvalue weighted by molar-refractivity contribution is 5.97. The number of amides is 1. The van der Waals surface area contributed by atoms with E-state index in [0.29, 0.717) is 12.1 Å². The minimum atomic E-state index is -0.117. The third-order valence-electron chi connectivity index (χ3n) is 7.47. The number of rotatable bonds is 4. The number of hydrogen-bond donors (Lipinski definition) is 1. The highest BCUT2D eigenvalue weighted by Crippen LogP contribution is 2.39. The van der Waals surface area contributed by atoms with Gasteiger partial charge in [-0.15, -0.1) is 0 Å². The molecule has 3 aliphatic heterocycles. The molecule has 2 saturated heterocycles. The van der Waals surface area contributed by atoms with Crippen molar-refractivity contribution in [3.05, 3.63) is 29.3 Å². The summed E-state index contributed by atoms with van der Waals surface area (Å²) in [6.07, 6.45) is 10.0. The van der Waals surface area contributed by atoms with Gasteiger partial charge in [0, 0.05) is 18.1 Å². The zero-order valence-electron chi connectivity index (χ0n) is 17.1. The molecule has 148 valence electrons. The second-order valence-corrected chi connectivity index (χ2v) is 8.83. The van der Waals surface area contributed by atoms with Crippen molar-refractivity contribution in [1.29, 1.82) is 0 Å². The Balaban J connectivity index is 1.52. The number of hydrogen-bond acceptors (Lipinski definition) is 3. The zero-order chi connectivity index (χ0) is 19.0. The number of carbonyl (C=O) groups is 1. The van der Waals surface area contributed by atoms with Crippen LogP contribution in [0, 0.1) is 0 Å². The second kappa shape index (κ2) is 7.46. The molecule has 27 heavy (non-hydrogen) atoms. The lowest BCUT2D eigenvalue weighted by atomic mass is 9.82. The molecule has 1 aromatic rings. The van der Waals surface area contributed by atoms with E-state index in [-0.39, 0.29) is 17.6 Å². The number of benzene rings is 1. The summed E-state index contributed by atoms with van der Waals surface area (Å²) in [7, 11) is 2.25. The molecule has 0 saturated carbocycles. The van der Waals surface area contributed by atoms with E-state index in [1.807, 2.05) is 12.1 Å². The van der Waals surface area contributed by atoms with E-state index < -0.39 is 0 Å². The number of ether oxygens (including phenoxy) is 1. The summed E-state index contributed by atoms with van der Waals surface area (Å²) in [6, 6.07) is 7.58.